The normalized spacial score (nSPS) is 12.8. The fraction of sp³-hybridized carbons (Fsp3) is 0.0667. The van der Waals surface area contributed by atoms with Crippen LogP contribution in [0.2, 0.25) is 0 Å². The molecular formula is C15H14S. The van der Waals surface area contributed by atoms with Crippen LogP contribution in [0.4, 0.5) is 0 Å². The number of hydrogen-bond donors (Lipinski definition) is 0. The Bertz CT molecular complexity index is 451. The monoisotopic (exact) mass is 226 g/mol. The predicted octanol–water partition coefficient (Wildman–Crippen LogP) is 4.73. The second-order valence-electron chi connectivity index (χ2n) is 3.59. The van der Waals surface area contributed by atoms with Crippen LogP contribution in [-0.2, 0) is 0 Å². The Morgan fingerprint density at radius 3 is 2.56 bits per heavy atom. The van der Waals surface area contributed by atoms with Crippen molar-refractivity contribution in [2.75, 3.05) is 0 Å². The zero-order valence-corrected chi connectivity index (χ0v) is 9.86. The zero-order chi connectivity index (χ0) is 11.2. The molecule has 1 aromatic carbocycles. The van der Waals surface area contributed by atoms with E-state index in [9.17, 15) is 0 Å². The van der Waals surface area contributed by atoms with Crippen molar-refractivity contribution in [3.8, 4) is 0 Å². The van der Waals surface area contributed by atoms with Crippen LogP contribution in [0.1, 0.15) is 17.0 Å². The Labute approximate surface area is 101 Å². The molecule has 1 aromatic heterocycles. The van der Waals surface area contributed by atoms with E-state index >= 15 is 0 Å². The summed E-state index contributed by atoms with van der Waals surface area (Å²) in [6.07, 6.45) is 6.30. The van der Waals surface area contributed by atoms with Gasteiger partial charge in [0.05, 0.1) is 0 Å². The molecule has 0 nitrogen and oxygen atoms in total. The Morgan fingerprint density at radius 2 is 1.94 bits per heavy atom. The fourth-order valence-corrected chi connectivity index (χ4v) is 2.28. The van der Waals surface area contributed by atoms with Crippen LogP contribution in [0.15, 0.2) is 65.9 Å². The van der Waals surface area contributed by atoms with Gasteiger partial charge in [-0.2, -0.15) is 11.3 Å². The summed E-state index contributed by atoms with van der Waals surface area (Å²) in [5, 5.41) is 4.27. The Morgan fingerprint density at radius 1 is 1.12 bits per heavy atom. The first kappa shape index (κ1) is 10.9. The minimum atomic E-state index is 0.312. The van der Waals surface area contributed by atoms with Gasteiger partial charge < -0.3 is 0 Å². The molecule has 1 heteroatoms. The van der Waals surface area contributed by atoms with Crippen molar-refractivity contribution in [1.82, 2.24) is 0 Å². The van der Waals surface area contributed by atoms with Crippen LogP contribution < -0.4 is 0 Å². The average Bonchev–Trinajstić information content (AvgIpc) is 2.85. The lowest BCUT2D eigenvalue weighted by Gasteiger charge is -2.03. The molecule has 16 heavy (non-hydrogen) atoms. The van der Waals surface area contributed by atoms with Gasteiger partial charge in [0.15, 0.2) is 0 Å². The molecule has 1 atom stereocenters. The summed E-state index contributed by atoms with van der Waals surface area (Å²) < 4.78 is 0. The molecule has 80 valence electrons. The Kier molecular flexibility index (Phi) is 3.73. The smallest absolute Gasteiger partial charge is 0.0207 e. The first-order valence-corrected chi connectivity index (χ1v) is 6.22. The second-order valence-corrected chi connectivity index (χ2v) is 4.37. The van der Waals surface area contributed by atoms with Gasteiger partial charge in [0.1, 0.15) is 0 Å². The molecule has 0 amide bonds. The largest absolute Gasteiger partial charge is 0.152 e. The number of allylic oxidation sites excluding steroid dienone is 2. The summed E-state index contributed by atoms with van der Waals surface area (Å²) in [6.45, 7) is 3.88. The van der Waals surface area contributed by atoms with Gasteiger partial charge in [0.2, 0.25) is 0 Å². The highest BCUT2D eigenvalue weighted by Crippen LogP contribution is 2.22. The molecule has 0 aliphatic rings. The fourth-order valence-electron chi connectivity index (χ4n) is 1.57. The van der Waals surface area contributed by atoms with Gasteiger partial charge in [-0.3, -0.25) is 0 Å². The zero-order valence-electron chi connectivity index (χ0n) is 9.04. The van der Waals surface area contributed by atoms with E-state index in [0.29, 0.717) is 5.92 Å². The van der Waals surface area contributed by atoms with Crippen molar-refractivity contribution in [2.45, 2.75) is 5.92 Å². The number of rotatable bonds is 4. The van der Waals surface area contributed by atoms with Gasteiger partial charge in [-0.15, -0.1) is 6.58 Å². The highest BCUT2D eigenvalue weighted by Gasteiger charge is 2.02. The summed E-state index contributed by atoms with van der Waals surface area (Å²) in [5.74, 6) is 0.312. The lowest BCUT2D eigenvalue weighted by molar-refractivity contribution is 1.11. The lowest BCUT2D eigenvalue weighted by Crippen LogP contribution is -1.86. The van der Waals surface area contributed by atoms with Crippen LogP contribution in [0, 0.1) is 0 Å². The first-order valence-electron chi connectivity index (χ1n) is 5.28. The summed E-state index contributed by atoms with van der Waals surface area (Å²) in [6, 6.07) is 12.5. The van der Waals surface area contributed by atoms with Gasteiger partial charge >= 0.3 is 0 Å². The van der Waals surface area contributed by atoms with Crippen molar-refractivity contribution in [2.24, 2.45) is 0 Å². The maximum atomic E-state index is 3.88. The summed E-state index contributed by atoms with van der Waals surface area (Å²) in [7, 11) is 0. The summed E-state index contributed by atoms with van der Waals surface area (Å²) >= 11 is 1.72. The molecule has 2 rings (SSSR count). The SMILES string of the molecule is C=CC(/C=C/c1ccccc1)c1ccsc1. The molecule has 2 aromatic rings. The topological polar surface area (TPSA) is 0 Å². The molecule has 0 aliphatic heterocycles. The second kappa shape index (κ2) is 5.47. The van der Waals surface area contributed by atoms with Crippen molar-refractivity contribution in [3.63, 3.8) is 0 Å². The van der Waals surface area contributed by atoms with Crippen molar-refractivity contribution in [1.29, 1.82) is 0 Å². The standard InChI is InChI=1S/C15H14S/c1-2-14(15-10-11-16-12-15)9-8-13-6-4-3-5-7-13/h2-12,14H,1H2/b9-8+. The van der Waals surface area contributed by atoms with E-state index in [2.05, 4.69) is 47.7 Å². The van der Waals surface area contributed by atoms with E-state index in [1.807, 2.05) is 24.3 Å². The van der Waals surface area contributed by atoms with Gasteiger partial charge in [-0.1, -0.05) is 48.6 Å². The third kappa shape index (κ3) is 2.71. The molecule has 0 spiro atoms. The molecular weight excluding hydrogens is 212 g/mol. The number of hydrogen-bond acceptors (Lipinski definition) is 1. The van der Waals surface area contributed by atoms with Gasteiger partial charge in [-0.05, 0) is 28.0 Å². The highest BCUT2D eigenvalue weighted by molar-refractivity contribution is 7.08. The summed E-state index contributed by atoms with van der Waals surface area (Å²) in [5.41, 5.74) is 2.54. The van der Waals surface area contributed by atoms with E-state index < -0.39 is 0 Å². The van der Waals surface area contributed by atoms with Gasteiger partial charge in [-0.25, -0.2) is 0 Å². The third-order valence-electron chi connectivity index (χ3n) is 2.48. The number of benzene rings is 1. The Hall–Kier alpha value is -1.60. The number of thiophene rings is 1. The van der Waals surface area contributed by atoms with Crippen LogP contribution in [0.25, 0.3) is 6.08 Å². The highest BCUT2D eigenvalue weighted by atomic mass is 32.1. The van der Waals surface area contributed by atoms with E-state index in [4.69, 9.17) is 0 Å². The minimum Gasteiger partial charge on any atom is -0.152 e. The molecule has 0 saturated heterocycles. The van der Waals surface area contributed by atoms with Gasteiger partial charge in [0.25, 0.3) is 0 Å². The van der Waals surface area contributed by atoms with Gasteiger partial charge in [0, 0.05) is 5.92 Å². The maximum absolute atomic E-state index is 3.88. The maximum Gasteiger partial charge on any atom is 0.0207 e. The van der Waals surface area contributed by atoms with Crippen molar-refractivity contribution >= 4 is 17.4 Å². The lowest BCUT2D eigenvalue weighted by atomic mass is 10.0. The third-order valence-corrected chi connectivity index (χ3v) is 3.18. The molecule has 0 bridgehead atoms. The Balaban J connectivity index is 2.14. The molecule has 0 aliphatic carbocycles. The minimum absolute atomic E-state index is 0.312. The van der Waals surface area contributed by atoms with Crippen LogP contribution in [0.3, 0.4) is 0 Å². The molecule has 1 heterocycles. The van der Waals surface area contributed by atoms with E-state index in [1.54, 1.807) is 11.3 Å². The van der Waals surface area contributed by atoms with Crippen molar-refractivity contribution < 1.29 is 0 Å². The summed E-state index contributed by atoms with van der Waals surface area (Å²) in [4.78, 5) is 0. The van der Waals surface area contributed by atoms with E-state index in [1.165, 1.54) is 11.1 Å². The molecule has 0 fully saturated rings. The van der Waals surface area contributed by atoms with E-state index in [-0.39, 0.29) is 0 Å². The van der Waals surface area contributed by atoms with E-state index in [0.717, 1.165) is 0 Å². The molecule has 0 radical (unpaired) electrons. The van der Waals surface area contributed by atoms with Crippen LogP contribution in [-0.4, -0.2) is 0 Å². The van der Waals surface area contributed by atoms with Crippen molar-refractivity contribution in [3.05, 3.63) is 77.0 Å². The average molecular weight is 226 g/mol. The van der Waals surface area contributed by atoms with Crippen LogP contribution in [0.5, 0.6) is 0 Å². The quantitative estimate of drug-likeness (QED) is 0.661. The molecule has 0 saturated carbocycles. The molecule has 0 N–H and O–H groups in total. The first-order chi connectivity index (χ1) is 7.90. The predicted molar refractivity (Wildman–Crippen MR) is 72.7 cm³/mol. The molecule has 1 unspecified atom stereocenters. The van der Waals surface area contributed by atoms with Crippen LogP contribution >= 0.6 is 11.3 Å².